The van der Waals surface area contributed by atoms with E-state index in [4.69, 9.17) is 4.74 Å². The van der Waals surface area contributed by atoms with Crippen LogP contribution in [0.2, 0.25) is 0 Å². The molecule has 0 fully saturated rings. The Morgan fingerprint density at radius 1 is 1.07 bits per heavy atom. The molecule has 0 heterocycles. The van der Waals surface area contributed by atoms with E-state index in [1.807, 2.05) is 30.3 Å². The molecule has 0 saturated carbocycles. The van der Waals surface area contributed by atoms with Crippen LogP contribution in [0.1, 0.15) is 38.8 Å². The average Bonchev–Trinajstić information content (AvgIpc) is 2.67. The van der Waals surface area contributed by atoms with Crippen LogP contribution in [0.4, 0.5) is 5.69 Å². The Morgan fingerprint density at radius 3 is 2.28 bits per heavy atom. The second-order valence-corrected chi connectivity index (χ2v) is 9.40. The number of hydrogen-bond acceptors (Lipinski definition) is 4. The van der Waals surface area contributed by atoms with Crippen LogP contribution in [-0.2, 0) is 14.8 Å². The molecule has 2 aromatic carbocycles. The summed E-state index contributed by atoms with van der Waals surface area (Å²) in [6.45, 7) is 5.77. The van der Waals surface area contributed by atoms with Crippen LogP contribution in [0.3, 0.4) is 0 Å². The molecule has 2 rings (SSSR count). The van der Waals surface area contributed by atoms with Gasteiger partial charge in [-0.05, 0) is 37.0 Å². The summed E-state index contributed by atoms with van der Waals surface area (Å²) in [6, 6.07) is 15.3. The van der Waals surface area contributed by atoms with Gasteiger partial charge in [-0.15, -0.1) is 0 Å². The van der Waals surface area contributed by atoms with E-state index in [0.717, 1.165) is 22.5 Å². The normalized spacial score (nSPS) is 13.6. The van der Waals surface area contributed by atoms with E-state index in [9.17, 15) is 13.2 Å². The van der Waals surface area contributed by atoms with Gasteiger partial charge in [-0.25, -0.2) is 8.42 Å². The fraction of sp³-hybridized carbons (Fsp3) is 0.409. The maximum absolute atomic E-state index is 13.1. The summed E-state index contributed by atoms with van der Waals surface area (Å²) in [5, 5.41) is 3.04. The third-order valence-electron chi connectivity index (χ3n) is 4.62. The number of anilines is 1. The van der Waals surface area contributed by atoms with E-state index in [1.165, 1.54) is 7.11 Å². The second-order valence-electron chi connectivity index (χ2n) is 7.54. The number of nitrogens with zero attached hydrogens (tertiary/aromatic N) is 1. The second kappa shape index (κ2) is 9.78. The number of sulfonamides is 1. The molecular formula is C22H30N2O4S. The monoisotopic (exact) mass is 418 g/mol. The maximum Gasteiger partial charge on any atom is 0.244 e. The van der Waals surface area contributed by atoms with Crippen molar-refractivity contribution in [2.45, 2.75) is 39.3 Å². The van der Waals surface area contributed by atoms with Gasteiger partial charge in [0.05, 0.1) is 25.1 Å². The van der Waals surface area contributed by atoms with Crippen molar-refractivity contribution >= 4 is 21.6 Å². The van der Waals surface area contributed by atoms with Crippen LogP contribution < -0.4 is 14.4 Å². The molecule has 0 aliphatic carbocycles. The van der Waals surface area contributed by atoms with E-state index in [0.29, 0.717) is 17.4 Å². The van der Waals surface area contributed by atoms with Crippen LogP contribution in [0.5, 0.6) is 5.75 Å². The molecule has 0 saturated heterocycles. The summed E-state index contributed by atoms with van der Waals surface area (Å²) in [5.74, 6) is 0.527. The molecule has 6 nitrogen and oxygen atoms in total. The van der Waals surface area contributed by atoms with Gasteiger partial charge in [-0.2, -0.15) is 0 Å². The molecule has 1 N–H and O–H groups in total. The zero-order valence-corrected chi connectivity index (χ0v) is 18.4. The zero-order chi connectivity index (χ0) is 21.6. The molecule has 0 bridgehead atoms. The summed E-state index contributed by atoms with van der Waals surface area (Å²) >= 11 is 0. The maximum atomic E-state index is 13.1. The molecule has 1 amide bonds. The summed E-state index contributed by atoms with van der Waals surface area (Å²) in [4.78, 5) is 13.1. The Kier molecular flexibility index (Phi) is 7.67. The van der Waals surface area contributed by atoms with Crippen LogP contribution >= 0.6 is 0 Å². The topological polar surface area (TPSA) is 75.7 Å². The van der Waals surface area contributed by atoms with Crippen LogP contribution in [0.25, 0.3) is 0 Å². The van der Waals surface area contributed by atoms with Crippen LogP contribution in [0, 0.1) is 5.92 Å². The highest BCUT2D eigenvalue weighted by Gasteiger charge is 2.31. The van der Waals surface area contributed by atoms with E-state index in [-0.39, 0.29) is 11.9 Å². The molecule has 0 aromatic heterocycles. The van der Waals surface area contributed by atoms with Gasteiger partial charge in [0.15, 0.2) is 0 Å². The number of amides is 1. The molecule has 0 radical (unpaired) electrons. The standard InChI is InChI=1S/C22H30N2O4S/c1-16(2)14-21(18-10-7-6-8-11-18)23-22(25)17(3)24(29(5,26)27)19-12-9-13-20(15-19)28-4/h6-13,15-17,21H,14H2,1-5H3,(H,23,25). The van der Waals surface area contributed by atoms with Crippen molar-refractivity contribution in [3.63, 3.8) is 0 Å². The number of carbonyl (C=O) groups excluding carboxylic acids is 1. The Balaban J connectivity index is 2.32. The molecule has 2 aromatic rings. The van der Waals surface area contributed by atoms with Crippen molar-refractivity contribution in [1.82, 2.24) is 5.32 Å². The number of hydrogen-bond donors (Lipinski definition) is 1. The first-order valence-electron chi connectivity index (χ1n) is 9.62. The highest BCUT2D eigenvalue weighted by Crippen LogP contribution is 2.26. The molecule has 2 atom stereocenters. The lowest BCUT2D eigenvalue weighted by molar-refractivity contribution is -0.122. The van der Waals surface area contributed by atoms with E-state index < -0.39 is 16.1 Å². The van der Waals surface area contributed by atoms with Gasteiger partial charge in [-0.3, -0.25) is 9.10 Å². The van der Waals surface area contributed by atoms with Crippen molar-refractivity contribution < 1.29 is 17.9 Å². The minimum absolute atomic E-state index is 0.196. The molecule has 29 heavy (non-hydrogen) atoms. The smallest absolute Gasteiger partial charge is 0.244 e. The molecular weight excluding hydrogens is 388 g/mol. The van der Waals surface area contributed by atoms with E-state index in [2.05, 4.69) is 19.2 Å². The predicted octanol–water partition coefficient (Wildman–Crippen LogP) is 3.75. The Hall–Kier alpha value is -2.54. The fourth-order valence-electron chi connectivity index (χ4n) is 3.28. The lowest BCUT2D eigenvalue weighted by Crippen LogP contribution is -2.48. The number of nitrogens with one attached hydrogen (secondary N) is 1. The highest BCUT2D eigenvalue weighted by atomic mass is 32.2. The number of ether oxygens (including phenoxy) is 1. The van der Waals surface area contributed by atoms with Crippen molar-refractivity contribution in [1.29, 1.82) is 0 Å². The largest absolute Gasteiger partial charge is 0.497 e. The van der Waals surface area contributed by atoms with Gasteiger partial charge >= 0.3 is 0 Å². The quantitative estimate of drug-likeness (QED) is 0.673. The molecule has 0 spiro atoms. The van der Waals surface area contributed by atoms with Crippen LogP contribution in [-0.4, -0.2) is 33.7 Å². The molecule has 0 aliphatic rings. The number of methoxy groups -OCH3 is 1. The first-order chi connectivity index (χ1) is 13.6. The molecule has 0 aliphatic heterocycles. The molecule has 2 unspecified atom stereocenters. The van der Waals surface area contributed by atoms with Gasteiger partial charge in [0.25, 0.3) is 0 Å². The Bertz CT molecular complexity index is 913. The fourth-order valence-corrected chi connectivity index (χ4v) is 4.45. The first-order valence-corrected chi connectivity index (χ1v) is 11.5. The lowest BCUT2D eigenvalue weighted by Gasteiger charge is -2.30. The third kappa shape index (κ3) is 6.22. The highest BCUT2D eigenvalue weighted by molar-refractivity contribution is 7.92. The summed E-state index contributed by atoms with van der Waals surface area (Å²) in [7, 11) is -2.18. The minimum Gasteiger partial charge on any atom is -0.497 e. The number of rotatable bonds is 9. The van der Waals surface area contributed by atoms with E-state index >= 15 is 0 Å². The molecule has 7 heteroatoms. The van der Waals surface area contributed by atoms with Gasteiger partial charge in [-0.1, -0.05) is 50.2 Å². The number of benzene rings is 2. The summed E-state index contributed by atoms with van der Waals surface area (Å²) in [6.07, 6.45) is 1.85. The minimum atomic E-state index is -3.69. The zero-order valence-electron chi connectivity index (χ0n) is 17.6. The predicted molar refractivity (Wildman–Crippen MR) is 117 cm³/mol. The van der Waals surface area contributed by atoms with Crippen molar-refractivity contribution in [2.24, 2.45) is 5.92 Å². The van der Waals surface area contributed by atoms with Gasteiger partial charge in [0.1, 0.15) is 11.8 Å². The van der Waals surface area contributed by atoms with Crippen LogP contribution in [0.15, 0.2) is 54.6 Å². The Labute approximate surface area is 173 Å². The number of carbonyl (C=O) groups is 1. The average molecular weight is 419 g/mol. The van der Waals surface area contributed by atoms with Crippen molar-refractivity contribution in [2.75, 3.05) is 17.7 Å². The molecule has 158 valence electrons. The van der Waals surface area contributed by atoms with Gasteiger partial charge < -0.3 is 10.1 Å². The first kappa shape index (κ1) is 22.7. The van der Waals surface area contributed by atoms with Gasteiger partial charge in [0.2, 0.25) is 15.9 Å². The van der Waals surface area contributed by atoms with E-state index in [1.54, 1.807) is 31.2 Å². The SMILES string of the molecule is COc1cccc(N(C(C)C(=O)NC(CC(C)C)c2ccccc2)S(C)(=O)=O)c1. The third-order valence-corrected chi connectivity index (χ3v) is 5.86. The summed E-state index contributed by atoms with van der Waals surface area (Å²) in [5.41, 5.74) is 1.38. The van der Waals surface area contributed by atoms with Crippen molar-refractivity contribution in [3.8, 4) is 5.75 Å². The van der Waals surface area contributed by atoms with Gasteiger partial charge in [0, 0.05) is 6.07 Å². The summed E-state index contributed by atoms with van der Waals surface area (Å²) < 4.78 is 31.4. The lowest BCUT2D eigenvalue weighted by atomic mass is 9.96. The Morgan fingerprint density at radius 2 is 1.72 bits per heavy atom. The van der Waals surface area contributed by atoms with Crippen molar-refractivity contribution in [3.05, 3.63) is 60.2 Å².